The van der Waals surface area contributed by atoms with E-state index in [2.05, 4.69) is 49.5 Å². The average Bonchev–Trinajstić information content (AvgIpc) is 3.18. The van der Waals surface area contributed by atoms with E-state index >= 15 is 0 Å². The van der Waals surface area contributed by atoms with Crippen molar-refractivity contribution in [3.63, 3.8) is 0 Å². The van der Waals surface area contributed by atoms with Gasteiger partial charge in [-0.15, -0.1) is 0 Å². The maximum atomic E-state index is 12.4. The third-order valence-electron chi connectivity index (χ3n) is 4.51. The molecule has 1 aromatic rings. The molecule has 1 aromatic carbocycles. The van der Waals surface area contributed by atoms with Crippen LogP contribution in [0, 0.1) is 5.92 Å². The first-order valence-corrected chi connectivity index (χ1v) is 7.63. The maximum absolute atomic E-state index is 12.4. The molecule has 1 aliphatic heterocycles. The van der Waals surface area contributed by atoms with Crippen molar-refractivity contribution >= 4 is 5.91 Å². The van der Waals surface area contributed by atoms with Crippen LogP contribution in [0.5, 0.6) is 0 Å². The fourth-order valence-electron chi connectivity index (χ4n) is 3.29. The van der Waals surface area contributed by atoms with E-state index in [-0.39, 0.29) is 5.54 Å². The third-order valence-corrected chi connectivity index (χ3v) is 4.51. The van der Waals surface area contributed by atoms with E-state index in [1.54, 1.807) is 0 Å². The lowest BCUT2D eigenvalue weighted by atomic mass is 10.0. The van der Waals surface area contributed by atoms with Crippen molar-refractivity contribution in [2.45, 2.75) is 38.1 Å². The van der Waals surface area contributed by atoms with E-state index in [1.807, 2.05) is 4.90 Å². The number of nitrogens with zero attached hydrogens (tertiary/aromatic N) is 1. The van der Waals surface area contributed by atoms with Gasteiger partial charge in [-0.05, 0) is 37.7 Å². The van der Waals surface area contributed by atoms with E-state index in [0.29, 0.717) is 17.7 Å². The lowest BCUT2D eigenvalue weighted by Crippen LogP contribution is -2.58. The summed E-state index contributed by atoms with van der Waals surface area (Å²) in [6.45, 7) is 6.91. The van der Waals surface area contributed by atoms with Crippen LogP contribution in [-0.4, -0.2) is 36.0 Å². The summed E-state index contributed by atoms with van der Waals surface area (Å²) < 4.78 is 0. The fourth-order valence-corrected chi connectivity index (χ4v) is 3.29. The van der Waals surface area contributed by atoms with Crippen LogP contribution in [0.3, 0.4) is 0 Å². The Hall–Kier alpha value is -1.35. The van der Waals surface area contributed by atoms with E-state index in [0.717, 1.165) is 26.1 Å². The van der Waals surface area contributed by atoms with Gasteiger partial charge in [-0.3, -0.25) is 4.79 Å². The smallest absolute Gasteiger partial charge is 0.222 e. The number of carbonyl (C=O) groups is 1. The summed E-state index contributed by atoms with van der Waals surface area (Å²) in [6, 6.07) is 10.6. The summed E-state index contributed by atoms with van der Waals surface area (Å²) in [7, 11) is 0. The van der Waals surface area contributed by atoms with Crippen LogP contribution in [0.2, 0.25) is 0 Å². The Labute approximate surface area is 121 Å². The highest BCUT2D eigenvalue weighted by Crippen LogP contribution is 2.49. The predicted molar refractivity (Wildman–Crippen MR) is 80.6 cm³/mol. The van der Waals surface area contributed by atoms with Crippen molar-refractivity contribution in [2.24, 2.45) is 5.92 Å². The van der Waals surface area contributed by atoms with Gasteiger partial charge in [0.25, 0.3) is 0 Å². The molecule has 0 radical (unpaired) electrons. The van der Waals surface area contributed by atoms with E-state index in [4.69, 9.17) is 0 Å². The predicted octanol–water partition coefficient (Wildman–Crippen LogP) is 2.39. The fraction of sp³-hybridized carbons (Fsp3) is 0.588. The molecule has 2 atom stereocenters. The summed E-state index contributed by atoms with van der Waals surface area (Å²) >= 11 is 0. The number of benzene rings is 1. The van der Waals surface area contributed by atoms with Crippen LogP contribution in [0.1, 0.15) is 38.2 Å². The molecule has 1 aliphatic carbocycles. The van der Waals surface area contributed by atoms with Gasteiger partial charge in [0.15, 0.2) is 0 Å². The summed E-state index contributed by atoms with van der Waals surface area (Å²) in [6.07, 6.45) is 1.89. The van der Waals surface area contributed by atoms with Crippen LogP contribution in [0.15, 0.2) is 30.3 Å². The van der Waals surface area contributed by atoms with Crippen LogP contribution in [0.25, 0.3) is 0 Å². The number of piperazine rings is 1. The topological polar surface area (TPSA) is 32.3 Å². The molecule has 2 fully saturated rings. The Bertz CT molecular complexity index is 483. The number of nitrogens with one attached hydrogen (secondary N) is 1. The highest BCUT2D eigenvalue weighted by Gasteiger charge is 2.41. The maximum Gasteiger partial charge on any atom is 0.222 e. The van der Waals surface area contributed by atoms with Gasteiger partial charge in [-0.2, -0.15) is 0 Å². The van der Waals surface area contributed by atoms with Gasteiger partial charge in [-0.1, -0.05) is 30.3 Å². The quantitative estimate of drug-likeness (QED) is 0.916. The SMILES string of the molecule is CC1(C)CN(C(=O)C[C@@H]2C[C@H]2c2ccccc2)CCN1. The highest BCUT2D eigenvalue weighted by atomic mass is 16.2. The summed E-state index contributed by atoms with van der Waals surface area (Å²) in [5, 5.41) is 3.45. The molecule has 3 rings (SSSR count). The minimum absolute atomic E-state index is 0.0519. The number of rotatable bonds is 3. The van der Waals surface area contributed by atoms with Gasteiger partial charge in [-0.25, -0.2) is 0 Å². The van der Waals surface area contributed by atoms with Crippen molar-refractivity contribution in [1.29, 1.82) is 0 Å². The average molecular weight is 272 g/mol. The Morgan fingerprint density at radius 2 is 2.10 bits per heavy atom. The number of hydrogen-bond acceptors (Lipinski definition) is 2. The largest absolute Gasteiger partial charge is 0.340 e. The highest BCUT2D eigenvalue weighted by molar-refractivity contribution is 5.77. The zero-order valence-corrected chi connectivity index (χ0v) is 12.4. The normalized spacial score (nSPS) is 28.2. The second-order valence-electron chi connectivity index (χ2n) is 6.84. The Morgan fingerprint density at radius 3 is 2.80 bits per heavy atom. The van der Waals surface area contributed by atoms with Gasteiger partial charge in [0.05, 0.1) is 0 Å². The zero-order chi connectivity index (χ0) is 14.2. The van der Waals surface area contributed by atoms with Crippen LogP contribution >= 0.6 is 0 Å². The standard InChI is InChI=1S/C17H24N2O/c1-17(2)12-19(9-8-18-17)16(20)11-14-10-15(14)13-6-4-3-5-7-13/h3-7,14-15,18H,8-12H2,1-2H3/t14-,15-/m0/s1. The Kier molecular flexibility index (Phi) is 3.55. The molecule has 1 N–H and O–H groups in total. The van der Waals surface area contributed by atoms with Crippen LogP contribution in [-0.2, 0) is 4.79 Å². The Balaban J connectivity index is 1.53. The van der Waals surface area contributed by atoms with Gasteiger partial charge < -0.3 is 10.2 Å². The lowest BCUT2D eigenvalue weighted by Gasteiger charge is -2.39. The van der Waals surface area contributed by atoms with E-state index < -0.39 is 0 Å². The molecule has 2 aliphatic rings. The molecule has 0 unspecified atom stereocenters. The van der Waals surface area contributed by atoms with Crippen LogP contribution in [0.4, 0.5) is 0 Å². The monoisotopic (exact) mass is 272 g/mol. The molecule has 3 nitrogen and oxygen atoms in total. The first-order chi connectivity index (χ1) is 9.55. The molecule has 1 saturated carbocycles. The first kappa shape index (κ1) is 13.6. The molecule has 3 heteroatoms. The van der Waals surface area contributed by atoms with Gasteiger partial charge in [0.2, 0.25) is 5.91 Å². The van der Waals surface area contributed by atoms with Gasteiger partial charge >= 0.3 is 0 Å². The lowest BCUT2D eigenvalue weighted by molar-refractivity contribution is -0.133. The van der Waals surface area contributed by atoms with Crippen molar-refractivity contribution in [3.8, 4) is 0 Å². The summed E-state index contributed by atoms with van der Waals surface area (Å²) in [5.74, 6) is 1.50. The van der Waals surface area contributed by atoms with E-state index in [1.165, 1.54) is 12.0 Å². The Morgan fingerprint density at radius 1 is 1.35 bits per heavy atom. The van der Waals surface area contributed by atoms with Crippen molar-refractivity contribution in [3.05, 3.63) is 35.9 Å². The minimum Gasteiger partial charge on any atom is -0.340 e. The molecule has 1 amide bonds. The van der Waals surface area contributed by atoms with E-state index in [9.17, 15) is 4.79 Å². The molecule has 1 heterocycles. The summed E-state index contributed by atoms with van der Waals surface area (Å²) in [4.78, 5) is 14.4. The third kappa shape index (κ3) is 3.04. The molecule has 0 spiro atoms. The second kappa shape index (κ2) is 5.21. The minimum atomic E-state index is 0.0519. The molecular formula is C17H24N2O. The van der Waals surface area contributed by atoms with Crippen molar-refractivity contribution in [2.75, 3.05) is 19.6 Å². The molecule has 0 bridgehead atoms. The van der Waals surface area contributed by atoms with Gasteiger partial charge in [0.1, 0.15) is 0 Å². The molecular weight excluding hydrogens is 248 g/mol. The first-order valence-electron chi connectivity index (χ1n) is 7.63. The zero-order valence-electron chi connectivity index (χ0n) is 12.4. The molecule has 1 saturated heterocycles. The number of amides is 1. The number of carbonyl (C=O) groups excluding carboxylic acids is 1. The van der Waals surface area contributed by atoms with Gasteiger partial charge in [0, 0.05) is 31.6 Å². The second-order valence-corrected chi connectivity index (χ2v) is 6.84. The van der Waals surface area contributed by atoms with Crippen LogP contribution < -0.4 is 5.32 Å². The number of hydrogen-bond donors (Lipinski definition) is 1. The molecule has 20 heavy (non-hydrogen) atoms. The van der Waals surface area contributed by atoms with Crippen molar-refractivity contribution in [1.82, 2.24) is 10.2 Å². The molecule has 108 valence electrons. The summed E-state index contributed by atoms with van der Waals surface area (Å²) in [5.41, 5.74) is 1.45. The van der Waals surface area contributed by atoms with Crippen molar-refractivity contribution < 1.29 is 4.79 Å². The molecule has 0 aromatic heterocycles.